The minimum Gasteiger partial charge on any atom is -0.328 e. The Kier molecular flexibility index (Phi) is 4.59. The molecule has 1 atom stereocenters. The van der Waals surface area contributed by atoms with E-state index < -0.39 is 11.1 Å². The molecule has 2 aromatic rings. The number of aromatic nitrogens is 4. The van der Waals surface area contributed by atoms with E-state index >= 15 is 0 Å². The monoisotopic (exact) mass is 307 g/mol. The van der Waals surface area contributed by atoms with Gasteiger partial charge >= 0.3 is 11.1 Å². The van der Waals surface area contributed by atoms with Crippen molar-refractivity contribution in [1.82, 2.24) is 19.7 Å². The Hall–Kier alpha value is -1.93. The summed E-state index contributed by atoms with van der Waals surface area (Å²) in [5, 5.41) is 3.52. The van der Waals surface area contributed by atoms with Crippen LogP contribution in [0, 0.1) is 6.92 Å². The summed E-state index contributed by atoms with van der Waals surface area (Å²) in [7, 11) is 1.62. The van der Waals surface area contributed by atoms with E-state index in [4.69, 9.17) is 5.73 Å². The fourth-order valence-corrected chi connectivity index (χ4v) is 2.66. The van der Waals surface area contributed by atoms with Gasteiger partial charge in [0, 0.05) is 19.3 Å². The molecule has 7 nitrogen and oxygen atoms in total. The molecule has 0 aromatic carbocycles. The van der Waals surface area contributed by atoms with E-state index in [9.17, 15) is 9.59 Å². The van der Waals surface area contributed by atoms with Crippen LogP contribution < -0.4 is 16.9 Å². The highest BCUT2D eigenvalue weighted by Gasteiger charge is 2.10. The Morgan fingerprint density at radius 1 is 1.48 bits per heavy atom. The first kappa shape index (κ1) is 15.5. The number of rotatable bonds is 4. The lowest BCUT2D eigenvalue weighted by atomic mass is 10.1. The van der Waals surface area contributed by atoms with E-state index in [1.165, 1.54) is 16.4 Å². The van der Waals surface area contributed by atoms with Gasteiger partial charge in [-0.25, -0.2) is 4.98 Å². The first-order valence-electron chi connectivity index (χ1n) is 6.43. The second kappa shape index (κ2) is 6.23. The normalized spacial score (nSPS) is 12.4. The molecule has 21 heavy (non-hydrogen) atoms. The largest absolute Gasteiger partial charge is 0.339 e. The fraction of sp³-hybridized carbons (Fsp3) is 0.385. The molecule has 0 saturated carbocycles. The topological polar surface area (TPSA) is 107 Å². The summed E-state index contributed by atoms with van der Waals surface area (Å²) in [5.74, 6) is 0. The first-order chi connectivity index (χ1) is 9.86. The van der Waals surface area contributed by atoms with Crippen molar-refractivity contribution in [3.63, 3.8) is 0 Å². The zero-order valence-electron chi connectivity index (χ0n) is 12.1. The van der Waals surface area contributed by atoms with Crippen molar-refractivity contribution in [2.75, 3.05) is 0 Å². The fourth-order valence-electron chi connectivity index (χ4n) is 1.85. The summed E-state index contributed by atoms with van der Waals surface area (Å²) in [6, 6.07) is 2.09. The second-order valence-corrected chi connectivity index (χ2v) is 5.90. The van der Waals surface area contributed by atoms with Crippen molar-refractivity contribution in [2.24, 2.45) is 12.8 Å². The van der Waals surface area contributed by atoms with E-state index in [1.807, 2.05) is 19.9 Å². The Morgan fingerprint density at radius 2 is 2.19 bits per heavy atom. The number of H-pyrrole nitrogens is 1. The SMILES string of the molecule is Cc1cc(CC(C)N)cnc1Sc1nc(=O)c(=O)[nH]n1C. The number of aromatic amines is 1. The summed E-state index contributed by atoms with van der Waals surface area (Å²) < 4.78 is 1.41. The number of nitrogens with two attached hydrogens (primary N) is 1. The van der Waals surface area contributed by atoms with Gasteiger partial charge in [-0.05, 0) is 43.2 Å². The van der Waals surface area contributed by atoms with E-state index in [0.717, 1.165) is 22.6 Å². The molecule has 0 saturated heterocycles. The molecule has 0 amide bonds. The van der Waals surface area contributed by atoms with Crippen LogP contribution in [-0.4, -0.2) is 25.8 Å². The maximum absolute atomic E-state index is 11.3. The number of hydrogen-bond acceptors (Lipinski definition) is 6. The van der Waals surface area contributed by atoms with Crippen LogP contribution in [0.25, 0.3) is 0 Å². The zero-order valence-corrected chi connectivity index (χ0v) is 12.9. The Balaban J connectivity index is 2.30. The smallest absolute Gasteiger partial charge is 0.328 e. The highest BCUT2D eigenvalue weighted by Crippen LogP contribution is 2.25. The molecule has 112 valence electrons. The lowest BCUT2D eigenvalue weighted by Crippen LogP contribution is -2.33. The molecule has 0 bridgehead atoms. The number of hydrogen-bond donors (Lipinski definition) is 2. The minimum atomic E-state index is -0.804. The molecule has 2 heterocycles. The van der Waals surface area contributed by atoms with E-state index in [0.29, 0.717) is 5.16 Å². The van der Waals surface area contributed by atoms with Crippen LogP contribution in [-0.2, 0) is 13.5 Å². The van der Waals surface area contributed by atoms with Gasteiger partial charge in [0.05, 0.1) is 0 Å². The van der Waals surface area contributed by atoms with Gasteiger partial charge < -0.3 is 5.73 Å². The quantitative estimate of drug-likeness (QED) is 0.782. The third kappa shape index (κ3) is 3.79. The molecule has 0 aliphatic carbocycles. The van der Waals surface area contributed by atoms with E-state index in [-0.39, 0.29) is 6.04 Å². The third-order valence-electron chi connectivity index (χ3n) is 2.78. The minimum absolute atomic E-state index is 0.0754. The molecule has 0 aliphatic heterocycles. The third-order valence-corrected chi connectivity index (χ3v) is 3.95. The molecule has 2 rings (SSSR count). The van der Waals surface area contributed by atoms with Gasteiger partial charge in [0.25, 0.3) is 0 Å². The maximum atomic E-state index is 11.3. The molecule has 0 radical (unpaired) electrons. The summed E-state index contributed by atoms with van der Waals surface area (Å²) in [6.07, 6.45) is 2.52. The van der Waals surface area contributed by atoms with E-state index in [2.05, 4.69) is 15.1 Å². The molecular formula is C13H17N5O2S. The van der Waals surface area contributed by atoms with Crippen molar-refractivity contribution in [3.05, 3.63) is 44.1 Å². The molecule has 1 unspecified atom stereocenters. The maximum Gasteiger partial charge on any atom is 0.339 e. The Morgan fingerprint density at radius 3 is 2.81 bits per heavy atom. The summed E-state index contributed by atoms with van der Waals surface area (Å²) in [6.45, 7) is 3.88. The standard InChI is InChI=1S/C13H17N5O2S/c1-7-4-9(5-8(2)14)6-15-12(7)21-13-16-10(19)11(20)17-18(13)3/h4,6,8H,5,14H2,1-3H3,(H,17,20). The lowest BCUT2D eigenvalue weighted by Gasteiger charge is -2.10. The average Bonchev–Trinajstić information content (AvgIpc) is 2.38. The summed E-state index contributed by atoms with van der Waals surface area (Å²) in [5.41, 5.74) is 6.27. The Bertz CT molecular complexity index is 766. The van der Waals surface area contributed by atoms with Gasteiger partial charge in [-0.2, -0.15) is 4.98 Å². The highest BCUT2D eigenvalue weighted by molar-refractivity contribution is 7.99. The molecule has 0 spiro atoms. The average molecular weight is 307 g/mol. The van der Waals surface area contributed by atoms with Crippen LogP contribution >= 0.6 is 11.8 Å². The summed E-state index contributed by atoms with van der Waals surface area (Å²) >= 11 is 1.23. The van der Waals surface area contributed by atoms with Gasteiger partial charge in [0.1, 0.15) is 5.03 Å². The van der Waals surface area contributed by atoms with E-state index in [1.54, 1.807) is 13.2 Å². The molecule has 0 fully saturated rings. The highest BCUT2D eigenvalue weighted by atomic mass is 32.2. The Labute approximate surface area is 125 Å². The zero-order chi connectivity index (χ0) is 15.6. The van der Waals surface area contributed by atoms with Crippen molar-refractivity contribution < 1.29 is 0 Å². The van der Waals surface area contributed by atoms with Crippen LogP contribution in [0.5, 0.6) is 0 Å². The summed E-state index contributed by atoms with van der Waals surface area (Å²) in [4.78, 5) is 30.6. The van der Waals surface area contributed by atoms with Crippen molar-refractivity contribution in [3.8, 4) is 0 Å². The van der Waals surface area contributed by atoms with Crippen LogP contribution in [0.1, 0.15) is 18.1 Å². The van der Waals surface area contributed by atoms with Crippen LogP contribution in [0.3, 0.4) is 0 Å². The van der Waals surface area contributed by atoms with Crippen LogP contribution in [0.15, 0.2) is 32.0 Å². The second-order valence-electron chi connectivity index (χ2n) is 4.95. The predicted octanol–water partition coefficient (Wildman–Crippen LogP) is 0.213. The molecule has 2 aromatic heterocycles. The van der Waals surface area contributed by atoms with Gasteiger partial charge in [0.2, 0.25) is 0 Å². The number of nitrogens with one attached hydrogen (secondary N) is 1. The first-order valence-corrected chi connectivity index (χ1v) is 7.24. The number of nitrogens with zero attached hydrogens (tertiary/aromatic N) is 3. The number of pyridine rings is 1. The number of aryl methyl sites for hydroxylation is 2. The van der Waals surface area contributed by atoms with Gasteiger partial charge in [-0.3, -0.25) is 19.4 Å². The van der Waals surface area contributed by atoms with Crippen molar-refractivity contribution in [2.45, 2.75) is 36.5 Å². The molecule has 0 aliphatic rings. The lowest BCUT2D eigenvalue weighted by molar-refractivity contribution is 0.596. The molecular weight excluding hydrogens is 290 g/mol. The van der Waals surface area contributed by atoms with Crippen molar-refractivity contribution >= 4 is 11.8 Å². The molecule has 8 heteroatoms. The van der Waals surface area contributed by atoms with Gasteiger partial charge in [-0.1, -0.05) is 6.07 Å². The van der Waals surface area contributed by atoms with Crippen LogP contribution in [0.2, 0.25) is 0 Å². The van der Waals surface area contributed by atoms with Gasteiger partial charge in [0.15, 0.2) is 5.16 Å². The van der Waals surface area contributed by atoms with Crippen molar-refractivity contribution in [1.29, 1.82) is 0 Å². The molecule has 3 N–H and O–H groups in total. The van der Waals surface area contributed by atoms with Gasteiger partial charge in [-0.15, -0.1) is 0 Å². The predicted molar refractivity (Wildman–Crippen MR) is 80.5 cm³/mol. The van der Waals surface area contributed by atoms with Crippen LogP contribution in [0.4, 0.5) is 0 Å².